The monoisotopic (exact) mass is 974 g/mol. The first kappa shape index (κ1) is 66.8. The number of carbonyl (C=O) groups is 2. The maximum atomic E-state index is 13.3. The van der Waals surface area contributed by atoms with Gasteiger partial charge in [0, 0.05) is 6.42 Å². The molecule has 0 aromatic heterocycles. The van der Waals surface area contributed by atoms with Crippen molar-refractivity contribution in [3.63, 3.8) is 0 Å². The summed E-state index contributed by atoms with van der Waals surface area (Å²) in [6.07, 6.45) is 76.1. The summed E-state index contributed by atoms with van der Waals surface area (Å²) in [6, 6.07) is -0.726. The first-order chi connectivity index (χ1) is 34.5. The zero-order valence-corrected chi connectivity index (χ0v) is 45.9. The van der Waals surface area contributed by atoms with Crippen LogP contribution >= 0.6 is 0 Å². The van der Waals surface area contributed by atoms with E-state index < -0.39 is 18.2 Å². The number of amides is 1. The molecule has 402 valence electrons. The fraction of sp³-hybridized carbons (Fsp3) is 0.719. The molecular weight excluding hydrogens is 863 g/mol. The zero-order chi connectivity index (χ0) is 50.9. The predicted molar refractivity (Wildman–Crippen MR) is 305 cm³/mol. The van der Waals surface area contributed by atoms with Crippen LogP contribution in [0.2, 0.25) is 0 Å². The molecule has 3 unspecified atom stereocenters. The summed E-state index contributed by atoms with van der Waals surface area (Å²) in [7, 11) is 0. The van der Waals surface area contributed by atoms with Crippen LogP contribution in [0.1, 0.15) is 271 Å². The fourth-order valence-electron chi connectivity index (χ4n) is 8.58. The number of unbranched alkanes of at least 4 members (excludes halogenated alkanes) is 30. The van der Waals surface area contributed by atoms with Crippen LogP contribution in [0.5, 0.6) is 0 Å². The Morgan fingerprint density at radius 1 is 0.414 bits per heavy atom. The Morgan fingerprint density at radius 2 is 0.757 bits per heavy atom. The number of ether oxygens (including phenoxy) is 1. The molecule has 0 saturated heterocycles. The standard InChI is InChI=1S/C64H111NO5/c1-4-7-10-13-16-19-22-25-28-31-33-36-39-42-45-48-51-54-57-64(69)70-60(55-52-49-46-43-40-37-34-30-27-24-21-18-15-12-9-6-3)58-63(68)65-61(59-66)62(67)56-53-50-47-44-41-38-35-32-29-26-23-20-17-14-11-8-5-2/h10,13,16,19,22,24-25,27-28,30-31,33-34,36-37,40,60-62,66-67H,4-9,11-12,14-15,17-18,20-21,23,26,29,32,35,38-39,41-59H2,1-3H3,(H,65,68)/b13-10+,19-16+,25-22+,27-24+,31-28+,34-30+,36-33+,40-37+. The number of hydrogen-bond donors (Lipinski definition) is 3. The predicted octanol–water partition coefficient (Wildman–Crippen LogP) is 18.5. The van der Waals surface area contributed by atoms with Gasteiger partial charge in [-0.25, -0.2) is 0 Å². The number of nitrogens with one attached hydrogen (secondary N) is 1. The Bertz CT molecular complexity index is 1370. The average molecular weight is 975 g/mol. The maximum absolute atomic E-state index is 13.3. The number of rotatable bonds is 52. The molecule has 1 amide bonds. The molecule has 3 N–H and O–H groups in total. The van der Waals surface area contributed by atoms with E-state index in [1.54, 1.807) is 0 Å². The van der Waals surface area contributed by atoms with Gasteiger partial charge in [-0.2, -0.15) is 0 Å². The van der Waals surface area contributed by atoms with Crippen molar-refractivity contribution in [2.45, 2.75) is 289 Å². The van der Waals surface area contributed by atoms with E-state index in [2.05, 4.69) is 99.0 Å². The molecule has 6 nitrogen and oxygen atoms in total. The van der Waals surface area contributed by atoms with Gasteiger partial charge in [-0.3, -0.25) is 9.59 Å². The largest absolute Gasteiger partial charge is 0.462 e. The van der Waals surface area contributed by atoms with Crippen molar-refractivity contribution in [3.05, 3.63) is 97.2 Å². The Kier molecular flexibility index (Phi) is 54.1. The quantitative estimate of drug-likeness (QED) is 0.0321. The topological polar surface area (TPSA) is 95.9 Å². The van der Waals surface area contributed by atoms with E-state index in [0.717, 1.165) is 96.3 Å². The van der Waals surface area contributed by atoms with E-state index in [1.807, 2.05) is 24.3 Å². The SMILES string of the molecule is CCC/C=C/C=C/C=C/C=C/C=C/CCCCCCCC(=O)OC(CCCCC/C=C/C=C/C=C/CCCCCCC)CC(=O)NC(CO)C(O)CCCCCCCCCCCCCCCCCCC. The fourth-order valence-corrected chi connectivity index (χ4v) is 8.58. The molecule has 0 saturated carbocycles. The summed E-state index contributed by atoms with van der Waals surface area (Å²) in [5, 5.41) is 23.9. The van der Waals surface area contributed by atoms with Crippen molar-refractivity contribution in [1.29, 1.82) is 0 Å². The smallest absolute Gasteiger partial charge is 0.306 e. The van der Waals surface area contributed by atoms with Crippen molar-refractivity contribution in [2.24, 2.45) is 0 Å². The van der Waals surface area contributed by atoms with E-state index in [-0.39, 0.29) is 24.9 Å². The minimum absolute atomic E-state index is 0.0395. The lowest BCUT2D eigenvalue weighted by Crippen LogP contribution is -2.46. The molecule has 0 bridgehead atoms. The van der Waals surface area contributed by atoms with Crippen LogP contribution in [0, 0.1) is 0 Å². The van der Waals surface area contributed by atoms with E-state index in [1.165, 1.54) is 128 Å². The van der Waals surface area contributed by atoms with Crippen LogP contribution < -0.4 is 5.32 Å². The van der Waals surface area contributed by atoms with E-state index in [0.29, 0.717) is 19.3 Å². The highest BCUT2D eigenvalue weighted by atomic mass is 16.5. The van der Waals surface area contributed by atoms with Crippen molar-refractivity contribution < 1.29 is 24.5 Å². The summed E-state index contributed by atoms with van der Waals surface area (Å²) in [5.74, 6) is -0.537. The Morgan fingerprint density at radius 3 is 1.17 bits per heavy atom. The van der Waals surface area contributed by atoms with Crippen molar-refractivity contribution in [3.8, 4) is 0 Å². The minimum Gasteiger partial charge on any atom is -0.462 e. The molecule has 6 heteroatoms. The molecule has 0 spiro atoms. The molecule has 0 aromatic carbocycles. The summed E-state index contributed by atoms with van der Waals surface area (Å²) in [6.45, 7) is 6.39. The van der Waals surface area contributed by atoms with Crippen LogP contribution in [0.15, 0.2) is 97.2 Å². The molecule has 0 aromatic rings. The normalized spacial score (nSPS) is 13.8. The van der Waals surface area contributed by atoms with Gasteiger partial charge in [0.05, 0.1) is 25.2 Å². The van der Waals surface area contributed by atoms with Crippen molar-refractivity contribution in [2.75, 3.05) is 6.61 Å². The molecule has 0 aliphatic heterocycles. The van der Waals surface area contributed by atoms with Gasteiger partial charge >= 0.3 is 5.97 Å². The summed E-state index contributed by atoms with van der Waals surface area (Å²) >= 11 is 0. The number of aliphatic hydroxyl groups is 2. The first-order valence-corrected chi connectivity index (χ1v) is 29.6. The van der Waals surface area contributed by atoms with Crippen LogP contribution in [0.4, 0.5) is 0 Å². The highest BCUT2D eigenvalue weighted by molar-refractivity contribution is 5.77. The Balaban J connectivity index is 4.67. The van der Waals surface area contributed by atoms with Gasteiger partial charge in [0.2, 0.25) is 5.91 Å². The van der Waals surface area contributed by atoms with Gasteiger partial charge < -0.3 is 20.3 Å². The molecule has 0 heterocycles. The van der Waals surface area contributed by atoms with E-state index in [9.17, 15) is 19.8 Å². The molecule has 0 aliphatic carbocycles. The number of allylic oxidation sites excluding steroid dienone is 16. The first-order valence-electron chi connectivity index (χ1n) is 29.6. The van der Waals surface area contributed by atoms with Gasteiger partial charge in [-0.1, -0.05) is 285 Å². The van der Waals surface area contributed by atoms with Gasteiger partial charge in [-0.15, -0.1) is 0 Å². The Hall–Kier alpha value is -3.22. The third-order valence-electron chi connectivity index (χ3n) is 13.1. The lowest BCUT2D eigenvalue weighted by atomic mass is 10.0. The second kappa shape index (κ2) is 56.7. The second-order valence-corrected chi connectivity index (χ2v) is 19.9. The molecule has 0 aliphatic rings. The molecule has 70 heavy (non-hydrogen) atoms. The number of esters is 1. The van der Waals surface area contributed by atoms with E-state index >= 15 is 0 Å². The van der Waals surface area contributed by atoms with Gasteiger partial charge in [-0.05, 0) is 70.6 Å². The van der Waals surface area contributed by atoms with Crippen LogP contribution in [0.3, 0.4) is 0 Å². The van der Waals surface area contributed by atoms with E-state index in [4.69, 9.17) is 4.74 Å². The van der Waals surface area contributed by atoms with Crippen LogP contribution in [0.25, 0.3) is 0 Å². The Labute approximate surface area is 433 Å². The molecule has 0 fully saturated rings. The molecule has 0 radical (unpaired) electrons. The van der Waals surface area contributed by atoms with Crippen molar-refractivity contribution >= 4 is 11.9 Å². The molecular formula is C64H111NO5. The average Bonchev–Trinajstić information content (AvgIpc) is 3.35. The summed E-state index contributed by atoms with van der Waals surface area (Å²) in [4.78, 5) is 26.3. The lowest BCUT2D eigenvalue weighted by Gasteiger charge is -2.24. The van der Waals surface area contributed by atoms with Crippen molar-refractivity contribution in [1.82, 2.24) is 5.32 Å². The highest BCUT2D eigenvalue weighted by Crippen LogP contribution is 2.18. The zero-order valence-electron chi connectivity index (χ0n) is 45.9. The van der Waals surface area contributed by atoms with Crippen LogP contribution in [-0.4, -0.2) is 46.9 Å². The van der Waals surface area contributed by atoms with Crippen LogP contribution in [-0.2, 0) is 14.3 Å². The third-order valence-corrected chi connectivity index (χ3v) is 13.1. The lowest BCUT2D eigenvalue weighted by molar-refractivity contribution is -0.151. The number of carbonyl (C=O) groups excluding carboxylic acids is 2. The minimum atomic E-state index is -0.809. The second-order valence-electron chi connectivity index (χ2n) is 19.9. The molecule has 0 rings (SSSR count). The number of aliphatic hydroxyl groups excluding tert-OH is 2. The summed E-state index contributed by atoms with van der Waals surface area (Å²) < 4.78 is 5.94. The third kappa shape index (κ3) is 51.1. The number of hydrogen-bond acceptors (Lipinski definition) is 5. The maximum Gasteiger partial charge on any atom is 0.306 e. The van der Waals surface area contributed by atoms with Gasteiger partial charge in [0.15, 0.2) is 0 Å². The molecule has 3 atom stereocenters. The van der Waals surface area contributed by atoms with Gasteiger partial charge in [0.25, 0.3) is 0 Å². The highest BCUT2D eigenvalue weighted by Gasteiger charge is 2.24. The van der Waals surface area contributed by atoms with Gasteiger partial charge in [0.1, 0.15) is 6.10 Å². The summed E-state index contributed by atoms with van der Waals surface area (Å²) in [5.41, 5.74) is 0.